The lowest BCUT2D eigenvalue weighted by molar-refractivity contribution is -0.122. The molecule has 1 aliphatic rings. The number of methoxy groups -OCH3 is 1. The van der Waals surface area contributed by atoms with E-state index in [0.29, 0.717) is 16.6 Å². The van der Waals surface area contributed by atoms with Crippen LogP contribution in [0.5, 0.6) is 5.75 Å². The van der Waals surface area contributed by atoms with Gasteiger partial charge in [0.2, 0.25) is 0 Å². The van der Waals surface area contributed by atoms with Gasteiger partial charge < -0.3 is 4.74 Å². The van der Waals surface area contributed by atoms with Gasteiger partial charge in [0.1, 0.15) is 5.75 Å². The lowest BCUT2D eigenvalue weighted by Crippen LogP contribution is -2.28. The first-order valence-electron chi connectivity index (χ1n) is 9.26. The van der Waals surface area contributed by atoms with Crippen molar-refractivity contribution in [2.75, 3.05) is 7.11 Å². The van der Waals surface area contributed by atoms with Gasteiger partial charge in [-0.2, -0.15) is 0 Å². The molecule has 29 heavy (non-hydrogen) atoms. The standard InChI is InChI=1S/C24H20N2O2S/c1-28-21-14-12-18(13-15-21)16-22-23(27)26(17-19-8-4-2-5-9-19)24(29-22)25-20-10-6-3-7-11-20/h2-16H,17H2,1H3/b22-16-,25-24?. The van der Waals surface area contributed by atoms with Gasteiger partial charge in [-0.25, -0.2) is 4.99 Å². The van der Waals surface area contributed by atoms with Crippen molar-refractivity contribution in [1.29, 1.82) is 0 Å². The number of amides is 1. The second-order valence-electron chi connectivity index (χ2n) is 6.49. The van der Waals surface area contributed by atoms with Crippen LogP contribution in [0.4, 0.5) is 5.69 Å². The monoisotopic (exact) mass is 400 g/mol. The topological polar surface area (TPSA) is 41.9 Å². The number of carbonyl (C=O) groups excluding carboxylic acids is 1. The largest absolute Gasteiger partial charge is 0.497 e. The van der Waals surface area contributed by atoms with Crippen LogP contribution in [0.1, 0.15) is 11.1 Å². The average Bonchev–Trinajstić information content (AvgIpc) is 3.04. The number of hydrogen-bond acceptors (Lipinski definition) is 4. The molecule has 0 N–H and O–H groups in total. The minimum atomic E-state index is -0.0376. The maximum absolute atomic E-state index is 13.2. The van der Waals surface area contributed by atoms with Gasteiger partial charge in [0.25, 0.3) is 5.91 Å². The van der Waals surface area contributed by atoms with Crippen molar-refractivity contribution in [3.8, 4) is 5.75 Å². The van der Waals surface area contributed by atoms with E-state index in [1.165, 1.54) is 11.8 Å². The first kappa shape index (κ1) is 19.0. The minimum absolute atomic E-state index is 0.0376. The van der Waals surface area contributed by atoms with Gasteiger partial charge in [-0.15, -0.1) is 0 Å². The summed E-state index contributed by atoms with van der Waals surface area (Å²) in [6, 6.07) is 27.3. The Hall–Kier alpha value is -3.31. The zero-order valence-corrected chi connectivity index (χ0v) is 16.8. The molecule has 0 aliphatic carbocycles. The Morgan fingerprint density at radius 1 is 0.931 bits per heavy atom. The lowest BCUT2D eigenvalue weighted by atomic mass is 10.2. The number of ether oxygens (including phenoxy) is 1. The molecule has 4 rings (SSSR count). The first-order chi connectivity index (χ1) is 14.2. The molecule has 1 saturated heterocycles. The molecule has 1 amide bonds. The summed E-state index contributed by atoms with van der Waals surface area (Å²) in [5.41, 5.74) is 2.83. The average molecular weight is 401 g/mol. The number of benzene rings is 3. The van der Waals surface area contributed by atoms with Gasteiger partial charge in [-0.1, -0.05) is 60.7 Å². The molecule has 5 heteroatoms. The summed E-state index contributed by atoms with van der Waals surface area (Å²) < 4.78 is 5.21. The molecular formula is C24H20N2O2S. The fraction of sp³-hybridized carbons (Fsp3) is 0.0833. The number of para-hydroxylation sites is 1. The molecule has 1 aliphatic heterocycles. The predicted octanol–water partition coefficient (Wildman–Crippen LogP) is 5.50. The van der Waals surface area contributed by atoms with Crippen LogP contribution in [0.2, 0.25) is 0 Å². The van der Waals surface area contributed by atoms with Crippen molar-refractivity contribution in [3.63, 3.8) is 0 Å². The highest BCUT2D eigenvalue weighted by atomic mass is 32.2. The smallest absolute Gasteiger partial charge is 0.267 e. The van der Waals surface area contributed by atoms with Crippen molar-refractivity contribution in [2.45, 2.75) is 6.54 Å². The molecule has 4 nitrogen and oxygen atoms in total. The SMILES string of the molecule is COc1ccc(/C=C2\SC(=Nc3ccccc3)N(Cc3ccccc3)C2=O)cc1. The Balaban J connectivity index is 1.67. The van der Waals surface area contributed by atoms with E-state index in [4.69, 9.17) is 9.73 Å². The molecule has 3 aromatic rings. The maximum atomic E-state index is 13.2. The van der Waals surface area contributed by atoms with Gasteiger partial charge >= 0.3 is 0 Å². The minimum Gasteiger partial charge on any atom is -0.497 e. The third kappa shape index (κ3) is 4.58. The quantitative estimate of drug-likeness (QED) is 0.531. The molecule has 1 fully saturated rings. The van der Waals surface area contributed by atoms with Gasteiger partial charge in [0, 0.05) is 0 Å². The Labute approximate surface area is 174 Å². The molecule has 0 saturated carbocycles. The van der Waals surface area contributed by atoms with E-state index < -0.39 is 0 Å². The van der Waals surface area contributed by atoms with E-state index in [2.05, 4.69) is 0 Å². The van der Waals surface area contributed by atoms with Gasteiger partial charge in [0.05, 0.1) is 24.2 Å². The lowest BCUT2D eigenvalue weighted by Gasteiger charge is -2.15. The van der Waals surface area contributed by atoms with Crippen molar-refractivity contribution in [3.05, 3.63) is 101 Å². The number of thioether (sulfide) groups is 1. The Kier molecular flexibility index (Phi) is 5.77. The van der Waals surface area contributed by atoms with Crippen molar-refractivity contribution >= 4 is 34.6 Å². The summed E-state index contributed by atoms with van der Waals surface area (Å²) in [7, 11) is 1.64. The highest BCUT2D eigenvalue weighted by molar-refractivity contribution is 8.18. The van der Waals surface area contributed by atoms with E-state index >= 15 is 0 Å². The highest BCUT2D eigenvalue weighted by Gasteiger charge is 2.33. The normalized spacial score (nSPS) is 16.6. The highest BCUT2D eigenvalue weighted by Crippen LogP contribution is 2.35. The molecule has 0 bridgehead atoms. The fourth-order valence-corrected chi connectivity index (χ4v) is 3.96. The van der Waals surface area contributed by atoms with Crippen LogP contribution in [0.15, 0.2) is 94.8 Å². The number of nitrogens with zero attached hydrogens (tertiary/aromatic N) is 2. The molecule has 0 spiro atoms. The van der Waals surface area contributed by atoms with Crippen LogP contribution >= 0.6 is 11.8 Å². The van der Waals surface area contributed by atoms with Crippen molar-refractivity contribution < 1.29 is 9.53 Å². The number of aliphatic imine (C=N–C) groups is 1. The summed E-state index contributed by atoms with van der Waals surface area (Å²) in [5, 5.41) is 0.685. The summed E-state index contributed by atoms with van der Waals surface area (Å²) >= 11 is 1.40. The summed E-state index contributed by atoms with van der Waals surface area (Å²) in [6.45, 7) is 0.484. The molecule has 3 aromatic carbocycles. The second-order valence-corrected chi connectivity index (χ2v) is 7.50. The third-order valence-electron chi connectivity index (χ3n) is 4.47. The van der Waals surface area contributed by atoms with E-state index in [9.17, 15) is 4.79 Å². The van der Waals surface area contributed by atoms with E-state index in [-0.39, 0.29) is 5.91 Å². The maximum Gasteiger partial charge on any atom is 0.267 e. The molecule has 0 aromatic heterocycles. The van der Waals surface area contributed by atoms with Crippen LogP contribution < -0.4 is 4.74 Å². The number of amidine groups is 1. The summed E-state index contributed by atoms with van der Waals surface area (Å²) in [6.07, 6.45) is 1.90. The van der Waals surface area contributed by atoms with Crippen molar-refractivity contribution in [2.24, 2.45) is 4.99 Å². The number of rotatable bonds is 5. The number of hydrogen-bond donors (Lipinski definition) is 0. The predicted molar refractivity (Wildman–Crippen MR) is 119 cm³/mol. The molecular weight excluding hydrogens is 380 g/mol. The van der Waals surface area contributed by atoms with Gasteiger partial charge in [-0.05, 0) is 53.2 Å². The first-order valence-corrected chi connectivity index (χ1v) is 10.1. The molecule has 0 radical (unpaired) electrons. The van der Waals surface area contributed by atoms with Gasteiger partial charge in [0.15, 0.2) is 5.17 Å². The number of carbonyl (C=O) groups is 1. The van der Waals surface area contributed by atoms with E-state index in [1.807, 2.05) is 91.0 Å². The third-order valence-corrected chi connectivity index (χ3v) is 5.47. The summed E-state index contributed by atoms with van der Waals surface area (Å²) in [4.78, 5) is 20.3. The van der Waals surface area contributed by atoms with Crippen LogP contribution in [-0.2, 0) is 11.3 Å². The van der Waals surface area contributed by atoms with Crippen LogP contribution in [0.25, 0.3) is 6.08 Å². The zero-order valence-electron chi connectivity index (χ0n) is 16.0. The fourth-order valence-electron chi connectivity index (χ4n) is 2.96. The molecule has 0 unspecified atom stereocenters. The Morgan fingerprint density at radius 3 is 2.24 bits per heavy atom. The van der Waals surface area contributed by atoms with E-state index in [0.717, 1.165) is 22.6 Å². The second kappa shape index (κ2) is 8.80. The van der Waals surface area contributed by atoms with E-state index in [1.54, 1.807) is 12.0 Å². The van der Waals surface area contributed by atoms with Crippen LogP contribution in [0.3, 0.4) is 0 Å². The molecule has 144 valence electrons. The molecule has 1 heterocycles. The summed E-state index contributed by atoms with van der Waals surface area (Å²) in [5.74, 6) is 0.749. The van der Waals surface area contributed by atoms with Gasteiger partial charge in [-0.3, -0.25) is 9.69 Å². The van der Waals surface area contributed by atoms with Crippen LogP contribution in [0, 0.1) is 0 Å². The van der Waals surface area contributed by atoms with Crippen LogP contribution in [-0.4, -0.2) is 23.1 Å². The molecule has 0 atom stereocenters. The Morgan fingerprint density at radius 2 is 1.59 bits per heavy atom. The van der Waals surface area contributed by atoms with Crippen molar-refractivity contribution in [1.82, 2.24) is 4.90 Å². The Bertz CT molecular complexity index is 1050. The zero-order chi connectivity index (χ0) is 20.1.